The van der Waals surface area contributed by atoms with Gasteiger partial charge in [0.15, 0.2) is 6.29 Å². The molecule has 2 fully saturated rings. The Kier molecular flexibility index (Phi) is 34.9. The van der Waals surface area contributed by atoms with Gasteiger partial charge in [0, 0.05) is 19.8 Å². The fraction of sp³-hybridized carbons (Fsp3) is 0.906. The van der Waals surface area contributed by atoms with Crippen LogP contribution in [0.2, 0.25) is 0 Å². The Bertz CT molecular complexity index is 1430. The summed E-state index contributed by atoms with van der Waals surface area (Å²) < 4.78 is 23.0. The zero-order valence-corrected chi connectivity index (χ0v) is 43.6. The molecule has 0 bridgehead atoms. The standard InChI is InChI=1S/C53H98N2O16/c1-4-6-8-10-12-14-16-18-19-21-23-25-27-29-31-33-44(61)55-39(40(58)32-30-28-26-24-22-20-17-15-13-11-9-7-5-2)36-68-51-49(65)48(64)47(63)43(70-51)37-69-53(52(66)67)34-41(59)45(54-38(3)57)50(71-53)46(62)42(60)35-56/h30,32,39-43,45-51,56,58-60,62-65H,4-29,31,33-37H2,1-3H3,(H,54,57)(H,55,61)(H,66,67)/b32-30+/t39-,40+,41-,42+,43+,45+,46-,47-,48-,49+,50+,51+,53+/m0/s1. The van der Waals surface area contributed by atoms with Gasteiger partial charge in [-0.05, 0) is 19.3 Å². The molecule has 2 heterocycles. The first kappa shape index (κ1) is 64.8. The van der Waals surface area contributed by atoms with E-state index in [1.54, 1.807) is 6.08 Å². The van der Waals surface area contributed by atoms with E-state index in [4.69, 9.17) is 18.9 Å². The molecular weight excluding hydrogens is 921 g/mol. The maximum atomic E-state index is 13.3. The summed E-state index contributed by atoms with van der Waals surface area (Å²) in [5, 5.41) is 101. The molecular formula is C53H98N2O16. The zero-order valence-electron chi connectivity index (χ0n) is 43.6. The van der Waals surface area contributed by atoms with Crippen LogP contribution in [0.15, 0.2) is 12.2 Å². The number of carbonyl (C=O) groups is 3. The number of carbonyl (C=O) groups excluding carboxylic acids is 2. The van der Waals surface area contributed by atoms with Gasteiger partial charge in [-0.25, -0.2) is 4.79 Å². The number of ether oxygens (including phenoxy) is 4. The molecule has 2 aliphatic rings. The van der Waals surface area contributed by atoms with Crippen molar-refractivity contribution in [1.82, 2.24) is 10.6 Å². The minimum Gasteiger partial charge on any atom is -0.477 e. The number of aliphatic hydroxyl groups is 8. The van der Waals surface area contributed by atoms with Crippen LogP contribution in [-0.2, 0) is 33.3 Å². The van der Waals surface area contributed by atoms with E-state index in [2.05, 4.69) is 24.5 Å². The van der Waals surface area contributed by atoms with Gasteiger partial charge >= 0.3 is 5.97 Å². The molecule has 2 aliphatic heterocycles. The van der Waals surface area contributed by atoms with Crippen LogP contribution in [-0.4, -0.2) is 163 Å². The monoisotopic (exact) mass is 1020 g/mol. The average Bonchev–Trinajstić information content (AvgIpc) is 3.34. The molecule has 0 aromatic rings. The quantitative estimate of drug-likeness (QED) is 0.0272. The van der Waals surface area contributed by atoms with E-state index < -0.39 is 117 Å². The number of amides is 2. The van der Waals surface area contributed by atoms with Gasteiger partial charge in [0.25, 0.3) is 5.79 Å². The van der Waals surface area contributed by atoms with Crippen molar-refractivity contribution in [2.24, 2.45) is 0 Å². The van der Waals surface area contributed by atoms with Gasteiger partial charge in [0.05, 0.1) is 44.1 Å². The summed E-state index contributed by atoms with van der Waals surface area (Å²) in [6, 6.07) is -2.46. The second-order valence-electron chi connectivity index (χ2n) is 20.2. The lowest BCUT2D eigenvalue weighted by molar-refractivity contribution is -0.339. The summed E-state index contributed by atoms with van der Waals surface area (Å²) in [6.07, 6.45) is 17.2. The molecule has 0 radical (unpaired) electrons. The number of allylic oxidation sites excluding steroid dienone is 1. The largest absolute Gasteiger partial charge is 0.477 e. The van der Waals surface area contributed by atoms with Crippen molar-refractivity contribution in [1.29, 1.82) is 0 Å². The highest BCUT2D eigenvalue weighted by Gasteiger charge is 2.57. The van der Waals surface area contributed by atoms with Crippen LogP contribution in [0.3, 0.4) is 0 Å². The van der Waals surface area contributed by atoms with Crippen molar-refractivity contribution in [3.63, 3.8) is 0 Å². The van der Waals surface area contributed by atoms with Crippen molar-refractivity contribution in [2.45, 2.75) is 286 Å². The second-order valence-corrected chi connectivity index (χ2v) is 20.2. The van der Waals surface area contributed by atoms with E-state index in [9.17, 15) is 60.3 Å². The van der Waals surface area contributed by atoms with Crippen LogP contribution >= 0.6 is 0 Å². The third kappa shape index (κ3) is 25.6. The Morgan fingerprint density at radius 2 is 1.20 bits per heavy atom. The zero-order chi connectivity index (χ0) is 52.4. The SMILES string of the molecule is CCCCCCCCCCCCC/C=C/[C@@H](O)[C@H](CO[C@@H]1O[C@H](CO[C@]2(C(=O)O)C[C@H](O)[C@@H](NC(C)=O)[C@H]([C@@H](O)[C@H](O)CO)O2)[C@H](O)[C@H](O)[C@H]1O)NC(=O)CCCCCCCCCCCCCCCCC. The summed E-state index contributed by atoms with van der Waals surface area (Å²) >= 11 is 0. The summed E-state index contributed by atoms with van der Waals surface area (Å²) in [7, 11) is 0. The molecule has 18 nitrogen and oxygen atoms in total. The minimum atomic E-state index is -2.78. The number of aliphatic carboxylic acids is 1. The maximum absolute atomic E-state index is 13.3. The van der Waals surface area contributed by atoms with E-state index >= 15 is 0 Å². The Morgan fingerprint density at radius 1 is 0.704 bits per heavy atom. The number of carboxylic acid groups (broad SMARTS) is 1. The van der Waals surface area contributed by atoms with Crippen molar-refractivity contribution < 1.29 is 79.3 Å². The van der Waals surface area contributed by atoms with Crippen LogP contribution < -0.4 is 10.6 Å². The first-order valence-corrected chi connectivity index (χ1v) is 27.5. The highest BCUT2D eigenvalue weighted by Crippen LogP contribution is 2.35. The van der Waals surface area contributed by atoms with Gasteiger partial charge < -0.3 is 75.5 Å². The third-order valence-electron chi connectivity index (χ3n) is 13.8. The van der Waals surface area contributed by atoms with E-state index in [0.717, 1.165) is 51.9 Å². The summed E-state index contributed by atoms with van der Waals surface area (Å²) in [6.45, 7) is 3.32. The van der Waals surface area contributed by atoms with E-state index in [-0.39, 0.29) is 12.3 Å². The van der Waals surface area contributed by atoms with E-state index in [1.165, 1.54) is 122 Å². The smallest absolute Gasteiger partial charge is 0.364 e. The van der Waals surface area contributed by atoms with Crippen molar-refractivity contribution >= 4 is 17.8 Å². The molecule has 13 atom stereocenters. The van der Waals surface area contributed by atoms with Crippen LogP contribution in [0.25, 0.3) is 0 Å². The molecule has 0 aliphatic carbocycles. The molecule has 0 aromatic carbocycles. The van der Waals surface area contributed by atoms with Crippen LogP contribution in [0.1, 0.15) is 207 Å². The summed E-state index contributed by atoms with van der Waals surface area (Å²) in [5.74, 6) is -5.57. The molecule has 71 heavy (non-hydrogen) atoms. The molecule has 2 rings (SSSR count). The molecule has 18 heteroatoms. The second kappa shape index (κ2) is 38.3. The summed E-state index contributed by atoms with van der Waals surface area (Å²) in [5.41, 5.74) is 0. The van der Waals surface area contributed by atoms with Crippen LogP contribution in [0.5, 0.6) is 0 Å². The Hall–Kier alpha value is -2.33. The third-order valence-corrected chi connectivity index (χ3v) is 13.8. The van der Waals surface area contributed by atoms with E-state index in [0.29, 0.717) is 6.42 Å². The summed E-state index contributed by atoms with van der Waals surface area (Å²) in [4.78, 5) is 37.9. The minimum absolute atomic E-state index is 0.224. The predicted octanol–water partition coefficient (Wildman–Crippen LogP) is 5.34. The molecule has 2 amide bonds. The van der Waals surface area contributed by atoms with Gasteiger partial charge in [-0.15, -0.1) is 0 Å². The van der Waals surface area contributed by atoms with Crippen LogP contribution in [0, 0.1) is 0 Å². The molecule has 0 spiro atoms. The van der Waals surface area contributed by atoms with E-state index in [1.807, 2.05) is 6.08 Å². The number of hydrogen-bond acceptors (Lipinski definition) is 15. The number of aliphatic hydroxyl groups excluding tert-OH is 8. The number of unbranched alkanes of at least 4 members (excludes halogenated alkanes) is 25. The van der Waals surface area contributed by atoms with Gasteiger partial charge in [-0.2, -0.15) is 0 Å². The topological polar surface area (TPSA) is 294 Å². The van der Waals surface area contributed by atoms with Crippen LogP contribution in [0.4, 0.5) is 0 Å². The normalized spacial score (nSPS) is 26.5. The molecule has 0 saturated carbocycles. The van der Waals surface area contributed by atoms with Gasteiger partial charge in [0.2, 0.25) is 11.8 Å². The van der Waals surface area contributed by atoms with Crippen molar-refractivity contribution in [3.05, 3.63) is 12.2 Å². The van der Waals surface area contributed by atoms with Crippen molar-refractivity contribution in [2.75, 3.05) is 19.8 Å². The fourth-order valence-electron chi connectivity index (χ4n) is 9.34. The molecule has 11 N–H and O–H groups in total. The molecule has 0 unspecified atom stereocenters. The first-order chi connectivity index (χ1) is 34.1. The average molecular weight is 1020 g/mol. The number of rotatable bonds is 42. The number of nitrogens with one attached hydrogen (secondary N) is 2. The van der Waals surface area contributed by atoms with Crippen molar-refractivity contribution in [3.8, 4) is 0 Å². The highest BCUT2D eigenvalue weighted by atomic mass is 16.7. The number of hydrogen-bond donors (Lipinski definition) is 11. The fourth-order valence-corrected chi connectivity index (χ4v) is 9.34. The predicted molar refractivity (Wildman–Crippen MR) is 269 cm³/mol. The van der Waals surface area contributed by atoms with Gasteiger partial charge in [-0.3, -0.25) is 9.59 Å². The lowest BCUT2D eigenvalue weighted by Crippen LogP contribution is -2.68. The maximum Gasteiger partial charge on any atom is 0.364 e. The Morgan fingerprint density at radius 3 is 1.68 bits per heavy atom. The lowest BCUT2D eigenvalue weighted by Gasteiger charge is -2.47. The molecule has 2 saturated heterocycles. The Labute approximate surface area is 424 Å². The lowest BCUT2D eigenvalue weighted by atomic mass is 9.88. The highest BCUT2D eigenvalue weighted by molar-refractivity contribution is 5.77. The van der Waals surface area contributed by atoms with Gasteiger partial charge in [0.1, 0.15) is 42.7 Å². The van der Waals surface area contributed by atoms with Gasteiger partial charge in [-0.1, -0.05) is 180 Å². The molecule has 0 aromatic heterocycles. The Balaban J connectivity index is 2.03. The number of carboxylic acids is 1. The first-order valence-electron chi connectivity index (χ1n) is 27.5. The molecule has 416 valence electrons.